The van der Waals surface area contributed by atoms with Crippen LogP contribution in [0.5, 0.6) is 0 Å². The van der Waals surface area contributed by atoms with Gasteiger partial charge < -0.3 is 0 Å². The van der Waals surface area contributed by atoms with E-state index in [-0.39, 0.29) is 0 Å². The minimum absolute atomic E-state index is 1.13. The molecule has 0 saturated heterocycles. The second-order valence-corrected chi connectivity index (χ2v) is 4.49. The molecule has 14 heavy (non-hydrogen) atoms. The van der Waals surface area contributed by atoms with E-state index in [0.717, 1.165) is 4.83 Å². The lowest BCUT2D eigenvalue weighted by atomic mass is 9.95. The Morgan fingerprint density at radius 2 is 2.07 bits per heavy atom. The van der Waals surface area contributed by atoms with Crippen LogP contribution in [0.25, 0.3) is 20.3 Å². The van der Waals surface area contributed by atoms with Gasteiger partial charge in [0, 0.05) is 21.7 Å². The summed E-state index contributed by atoms with van der Waals surface area (Å²) in [5.41, 5.74) is 1.31. The van der Waals surface area contributed by atoms with E-state index in [2.05, 4.69) is 37.1 Å². The Kier molecular flexibility index (Phi) is 1.61. The molecule has 0 atom stereocenters. The molecule has 2 heterocycles. The van der Waals surface area contributed by atoms with Gasteiger partial charge in [-0.15, -0.1) is 11.3 Å². The standard InChI is InChI=1S/C11H8BNS/c12-7-3-4-10-9(6-7)8-2-1-5-13-11(8)14-10/h1-6H,12H2. The van der Waals surface area contributed by atoms with Crippen LogP contribution >= 0.6 is 11.3 Å². The summed E-state index contributed by atoms with van der Waals surface area (Å²) in [5.74, 6) is 0. The summed E-state index contributed by atoms with van der Waals surface area (Å²) in [6, 6.07) is 10.7. The topological polar surface area (TPSA) is 12.9 Å². The average molecular weight is 197 g/mol. The second kappa shape index (κ2) is 2.82. The zero-order valence-corrected chi connectivity index (χ0v) is 8.64. The second-order valence-electron chi connectivity index (χ2n) is 3.46. The molecule has 1 aromatic carbocycles. The summed E-state index contributed by atoms with van der Waals surface area (Å²) in [6.07, 6.45) is 1.85. The lowest BCUT2D eigenvalue weighted by Gasteiger charge is -1.92. The zero-order chi connectivity index (χ0) is 9.54. The SMILES string of the molecule is Bc1ccc2sc3ncccc3c2c1. The lowest BCUT2D eigenvalue weighted by Crippen LogP contribution is -1.98. The minimum atomic E-state index is 1.13. The molecule has 0 aliphatic carbocycles. The maximum Gasteiger partial charge on any atom is 0.139 e. The van der Waals surface area contributed by atoms with Gasteiger partial charge in [-0.2, -0.15) is 0 Å². The molecule has 0 radical (unpaired) electrons. The summed E-state index contributed by atoms with van der Waals surface area (Å²) in [5, 5.41) is 2.61. The number of aromatic nitrogens is 1. The third-order valence-corrected chi connectivity index (χ3v) is 3.50. The molecule has 0 aliphatic heterocycles. The zero-order valence-electron chi connectivity index (χ0n) is 7.82. The van der Waals surface area contributed by atoms with Crippen molar-refractivity contribution < 1.29 is 0 Å². The first-order valence-electron chi connectivity index (χ1n) is 4.58. The van der Waals surface area contributed by atoms with Crippen molar-refractivity contribution in [1.29, 1.82) is 0 Å². The van der Waals surface area contributed by atoms with Crippen LogP contribution in [0.3, 0.4) is 0 Å². The van der Waals surface area contributed by atoms with Crippen LogP contribution in [-0.2, 0) is 0 Å². The smallest absolute Gasteiger partial charge is 0.139 e. The first-order chi connectivity index (χ1) is 6.84. The van der Waals surface area contributed by atoms with Gasteiger partial charge in [0.25, 0.3) is 0 Å². The Balaban J connectivity index is 2.58. The van der Waals surface area contributed by atoms with Gasteiger partial charge in [0.05, 0.1) is 0 Å². The van der Waals surface area contributed by atoms with E-state index in [9.17, 15) is 0 Å². The molecular formula is C11H8BNS. The monoisotopic (exact) mass is 197 g/mol. The van der Waals surface area contributed by atoms with Crippen LogP contribution in [0.2, 0.25) is 0 Å². The lowest BCUT2D eigenvalue weighted by molar-refractivity contribution is 1.45. The molecule has 1 nitrogen and oxygen atoms in total. The van der Waals surface area contributed by atoms with Crippen LogP contribution in [0.1, 0.15) is 0 Å². The molecule has 2 aromatic heterocycles. The molecule has 0 N–H and O–H groups in total. The van der Waals surface area contributed by atoms with Crippen LogP contribution in [-0.4, -0.2) is 12.8 Å². The maximum absolute atomic E-state index is 4.37. The maximum atomic E-state index is 4.37. The predicted octanol–water partition coefficient (Wildman–Crippen LogP) is 1.71. The molecule has 0 spiro atoms. The van der Waals surface area contributed by atoms with Gasteiger partial charge in [0.15, 0.2) is 0 Å². The van der Waals surface area contributed by atoms with Crippen molar-refractivity contribution in [2.24, 2.45) is 0 Å². The first-order valence-corrected chi connectivity index (χ1v) is 5.40. The van der Waals surface area contributed by atoms with Gasteiger partial charge in [-0.05, 0) is 18.2 Å². The highest BCUT2D eigenvalue weighted by Gasteiger charge is 2.04. The number of pyridine rings is 1. The van der Waals surface area contributed by atoms with Gasteiger partial charge in [-0.1, -0.05) is 17.6 Å². The predicted molar refractivity (Wildman–Crippen MR) is 65.3 cm³/mol. The van der Waals surface area contributed by atoms with Gasteiger partial charge in [0.2, 0.25) is 0 Å². The summed E-state index contributed by atoms with van der Waals surface area (Å²) in [6.45, 7) is 0. The molecule has 66 valence electrons. The molecule has 0 aliphatic rings. The summed E-state index contributed by atoms with van der Waals surface area (Å²) < 4.78 is 1.32. The largest absolute Gasteiger partial charge is 0.245 e. The Hall–Kier alpha value is -1.35. The van der Waals surface area contributed by atoms with Crippen molar-refractivity contribution in [3.05, 3.63) is 36.5 Å². The van der Waals surface area contributed by atoms with Crippen LogP contribution in [0, 0.1) is 0 Å². The quantitative estimate of drug-likeness (QED) is 0.500. The first kappa shape index (κ1) is 8.00. The molecule has 3 rings (SSSR count). The van der Waals surface area contributed by atoms with Gasteiger partial charge >= 0.3 is 0 Å². The normalized spacial score (nSPS) is 11.1. The molecule has 0 saturated carbocycles. The van der Waals surface area contributed by atoms with E-state index < -0.39 is 0 Å². The number of hydrogen-bond donors (Lipinski definition) is 0. The third kappa shape index (κ3) is 1.06. The molecule has 0 fully saturated rings. The highest BCUT2D eigenvalue weighted by Crippen LogP contribution is 2.30. The molecule has 0 amide bonds. The van der Waals surface area contributed by atoms with Crippen molar-refractivity contribution in [2.75, 3.05) is 0 Å². The highest BCUT2D eigenvalue weighted by molar-refractivity contribution is 7.25. The highest BCUT2D eigenvalue weighted by atomic mass is 32.1. The van der Waals surface area contributed by atoms with E-state index in [4.69, 9.17) is 0 Å². The van der Waals surface area contributed by atoms with Crippen molar-refractivity contribution in [3.63, 3.8) is 0 Å². The van der Waals surface area contributed by atoms with E-state index in [1.54, 1.807) is 11.3 Å². The van der Waals surface area contributed by atoms with E-state index >= 15 is 0 Å². The fourth-order valence-corrected chi connectivity index (χ4v) is 2.75. The summed E-state index contributed by atoms with van der Waals surface area (Å²) >= 11 is 1.76. The van der Waals surface area contributed by atoms with E-state index in [0.29, 0.717) is 0 Å². The number of thiophene rings is 1. The molecule has 3 heteroatoms. The number of fused-ring (bicyclic) bond motifs is 3. The number of nitrogens with zero attached hydrogens (tertiary/aromatic N) is 1. The van der Waals surface area contributed by atoms with Crippen molar-refractivity contribution >= 4 is 44.9 Å². The van der Waals surface area contributed by atoms with E-state index in [1.807, 2.05) is 12.3 Å². The van der Waals surface area contributed by atoms with Gasteiger partial charge in [-0.3, -0.25) is 0 Å². The number of rotatable bonds is 0. The van der Waals surface area contributed by atoms with Gasteiger partial charge in [0.1, 0.15) is 12.7 Å². The Bertz CT molecular complexity index is 615. The Morgan fingerprint density at radius 1 is 1.14 bits per heavy atom. The Labute approximate surface area is 86.8 Å². The fraction of sp³-hybridized carbons (Fsp3) is 0. The van der Waals surface area contributed by atoms with E-state index in [1.165, 1.54) is 20.9 Å². The van der Waals surface area contributed by atoms with Crippen molar-refractivity contribution in [3.8, 4) is 0 Å². The fourth-order valence-electron chi connectivity index (χ4n) is 1.72. The van der Waals surface area contributed by atoms with Crippen LogP contribution in [0.4, 0.5) is 0 Å². The Morgan fingerprint density at radius 3 is 3.00 bits per heavy atom. The number of benzene rings is 1. The average Bonchev–Trinajstić information content (AvgIpc) is 2.56. The molecular weight excluding hydrogens is 189 g/mol. The summed E-state index contributed by atoms with van der Waals surface area (Å²) in [4.78, 5) is 5.50. The van der Waals surface area contributed by atoms with Crippen LogP contribution in [0.15, 0.2) is 36.5 Å². The van der Waals surface area contributed by atoms with Crippen LogP contribution < -0.4 is 5.46 Å². The number of hydrogen-bond acceptors (Lipinski definition) is 2. The minimum Gasteiger partial charge on any atom is -0.245 e. The summed E-state index contributed by atoms with van der Waals surface area (Å²) in [7, 11) is 2.12. The molecule has 0 bridgehead atoms. The third-order valence-electron chi connectivity index (χ3n) is 2.40. The van der Waals surface area contributed by atoms with Crippen molar-refractivity contribution in [1.82, 2.24) is 4.98 Å². The molecule has 0 unspecified atom stereocenters. The molecule has 3 aromatic rings. The van der Waals surface area contributed by atoms with Gasteiger partial charge in [-0.25, -0.2) is 4.98 Å². The van der Waals surface area contributed by atoms with Crippen molar-refractivity contribution in [2.45, 2.75) is 0 Å².